The van der Waals surface area contributed by atoms with E-state index in [0.29, 0.717) is 18.5 Å². The van der Waals surface area contributed by atoms with Gasteiger partial charge in [-0.1, -0.05) is 48.0 Å². The van der Waals surface area contributed by atoms with E-state index in [1.54, 1.807) is 20.8 Å². The van der Waals surface area contributed by atoms with Gasteiger partial charge in [-0.3, -0.25) is 102 Å². The Labute approximate surface area is 730 Å². The number of carboxylic acids is 2. The Balaban J connectivity index is 3.97. The predicted molar refractivity (Wildman–Crippen MR) is 455 cm³/mol. The largest absolute Gasteiger partial charge is 0.481 e. The molecule has 714 valence electrons. The second-order valence-corrected chi connectivity index (χ2v) is 31.1. The Morgan fingerprint density at radius 2 is 0.810 bits per heavy atom. The van der Waals surface area contributed by atoms with Crippen LogP contribution < -0.4 is 153 Å². The Kier molecular flexibility index (Phi) is 54.7. The lowest BCUT2D eigenvalue weighted by Crippen LogP contribution is -2.62. The van der Waals surface area contributed by atoms with Crippen molar-refractivity contribution in [2.75, 3.05) is 45.8 Å². The first-order chi connectivity index (χ1) is 59.2. The highest BCUT2D eigenvalue weighted by Gasteiger charge is 2.40. The Hall–Kier alpha value is -11.3. The van der Waals surface area contributed by atoms with Crippen molar-refractivity contribution in [1.82, 2.24) is 106 Å². The number of amides is 17. The van der Waals surface area contributed by atoms with Crippen molar-refractivity contribution in [3.8, 4) is 0 Å². The standard InChI is InChI=1S/C75H138N30O21/c1-9-39(6)59(71(124)99-48(72(125)126)22-23-53(78)107)105-69(122)51(31-54(79)108)101-68(121)52(32-57(111)112)102-64(117)47(21-16-28-90-75(84)85)97-66(119)49(29-37(2)3)103-70(123)58(38(4)5)104-65(118)44(18-11-13-25-87-41(8)106)95-62(115)45(19-14-26-88-73(80)81)98-67(120)50(30-42-34-86-36-92-42)100-63(116)46(20-15-27-89-74(82)83)96-61(114)43(17-10-12-24-76)94-60(113)40(7)93-56(110)35-91-55(109)33-77/h34,36-40,43-52,58-59,73-75,88-90H,9-33,35,76-77,80-85H2,1-8H3,(H2,78,107)(H2,79,108)(H,86,92)(H,87,106)(H,91,109)(H,93,110)(H,94,113)(H,95,115)(H,96,114)(H,97,119)(H,98,120)(H,99,124)(H,100,116)(H,101,121)(H,102,117)(H,103,123)(H,104,118)(H,105,122)(H,111,112)(H,125,126)/t39-,40-,43-,44-,45-,46-,47-,48-,49-,50-,51-,52-,58-,59-/m0/s1. The van der Waals surface area contributed by atoms with Crippen molar-refractivity contribution in [3.05, 3.63) is 18.2 Å². The normalized spacial score (nSPS) is 14.6. The third-order valence-electron chi connectivity index (χ3n) is 19.3. The first-order valence-electron chi connectivity index (χ1n) is 41.8. The number of hydrogen-bond donors (Lipinski definition) is 31. The minimum atomic E-state index is -2.11. The van der Waals surface area contributed by atoms with Crippen molar-refractivity contribution in [1.29, 1.82) is 0 Å². The summed E-state index contributed by atoms with van der Waals surface area (Å²) in [5, 5.41) is 65.7. The minimum Gasteiger partial charge on any atom is -0.481 e. The van der Waals surface area contributed by atoms with Gasteiger partial charge in [-0.25, -0.2) is 9.78 Å². The molecule has 0 spiro atoms. The highest BCUT2D eigenvalue weighted by Crippen LogP contribution is 2.16. The molecule has 0 aromatic carbocycles. The topological polar surface area (TPSA) is 870 Å². The molecule has 0 aliphatic rings. The van der Waals surface area contributed by atoms with Crippen LogP contribution in [0.5, 0.6) is 0 Å². The number of rotatable bonds is 67. The molecule has 1 aromatic heterocycles. The van der Waals surface area contributed by atoms with Crippen molar-refractivity contribution < 1.29 is 101 Å². The second kappa shape index (κ2) is 61.1. The van der Waals surface area contributed by atoms with Gasteiger partial charge in [0.15, 0.2) is 0 Å². The first-order valence-corrected chi connectivity index (χ1v) is 41.8. The molecule has 1 aromatic rings. The van der Waals surface area contributed by atoms with Crippen LogP contribution in [-0.2, 0) is 97.5 Å². The van der Waals surface area contributed by atoms with Crippen LogP contribution in [-0.4, -0.2) is 276 Å². The molecule has 0 radical (unpaired) electrons. The summed E-state index contributed by atoms with van der Waals surface area (Å²) in [6.45, 7) is 11.7. The molecule has 1 rings (SSSR count). The van der Waals surface area contributed by atoms with Crippen LogP contribution in [0, 0.1) is 17.8 Å². The van der Waals surface area contributed by atoms with Crippen molar-refractivity contribution in [2.24, 2.45) is 75.1 Å². The summed E-state index contributed by atoms with van der Waals surface area (Å²) in [5.41, 5.74) is 56.4. The molecular formula is C75H138N30O21. The van der Waals surface area contributed by atoms with E-state index in [1.807, 2.05) is 0 Å². The van der Waals surface area contributed by atoms with E-state index >= 15 is 4.79 Å². The number of H-pyrrole nitrogens is 1. The van der Waals surface area contributed by atoms with Crippen molar-refractivity contribution in [2.45, 2.75) is 275 Å². The van der Waals surface area contributed by atoms with E-state index in [9.17, 15) is 96.5 Å². The van der Waals surface area contributed by atoms with Gasteiger partial charge in [0.05, 0.1) is 32.3 Å². The number of imidazole rings is 1. The van der Waals surface area contributed by atoms with Gasteiger partial charge in [0.2, 0.25) is 100 Å². The number of hydrogen-bond acceptors (Lipinski definition) is 31. The lowest BCUT2D eigenvalue weighted by Gasteiger charge is -2.30. The van der Waals surface area contributed by atoms with Crippen LogP contribution in [0.15, 0.2) is 12.5 Å². The van der Waals surface area contributed by atoms with Gasteiger partial charge in [-0.05, 0) is 141 Å². The number of aromatic amines is 1. The van der Waals surface area contributed by atoms with E-state index in [-0.39, 0.29) is 122 Å². The van der Waals surface area contributed by atoms with Crippen molar-refractivity contribution >= 4 is 112 Å². The molecule has 0 saturated carbocycles. The number of unbranched alkanes of at least 4 members (excludes halogenated alkanes) is 2. The van der Waals surface area contributed by atoms with Gasteiger partial charge in [0, 0.05) is 38.2 Å². The van der Waals surface area contributed by atoms with E-state index in [2.05, 4.69) is 106 Å². The third kappa shape index (κ3) is 47.7. The highest BCUT2D eigenvalue weighted by molar-refractivity contribution is 6.01. The molecule has 0 bridgehead atoms. The van der Waals surface area contributed by atoms with E-state index in [1.165, 1.54) is 47.1 Å². The number of nitrogens with zero attached hydrogens (tertiary/aromatic N) is 1. The molecule has 17 amide bonds. The number of aliphatic carboxylic acids is 2. The monoisotopic (exact) mass is 1800 g/mol. The maximum atomic E-state index is 15.0. The second-order valence-electron chi connectivity index (χ2n) is 31.1. The van der Waals surface area contributed by atoms with Crippen LogP contribution in [0.4, 0.5) is 0 Å². The number of carbonyl (C=O) groups is 19. The fourth-order valence-corrected chi connectivity index (χ4v) is 12.2. The number of aromatic nitrogens is 2. The zero-order valence-corrected chi connectivity index (χ0v) is 72.9. The van der Waals surface area contributed by atoms with Gasteiger partial charge >= 0.3 is 11.9 Å². The molecule has 51 heteroatoms. The summed E-state index contributed by atoms with van der Waals surface area (Å²) < 4.78 is 0. The molecule has 14 atom stereocenters. The molecule has 0 unspecified atom stereocenters. The molecule has 1 heterocycles. The predicted octanol–water partition coefficient (Wildman–Crippen LogP) is -12.1. The van der Waals surface area contributed by atoms with Gasteiger partial charge in [0.1, 0.15) is 97.4 Å². The molecule has 0 aliphatic carbocycles. The fourth-order valence-electron chi connectivity index (χ4n) is 12.2. The number of carbonyl (C=O) groups excluding carboxylic acids is 17. The average molecular weight is 1800 g/mol. The highest BCUT2D eigenvalue weighted by atomic mass is 16.4. The van der Waals surface area contributed by atoms with E-state index in [4.69, 9.17) is 57.3 Å². The summed E-state index contributed by atoms with van der Waals surface area (Å²) >= 11 is 0. The summed E-state index contributed by atoms with van der Waals surface area (Å²) in [5.74, 6) is -21.6. The lowest BCUT2D eigenvalue weighted by atomic mass is 9.97. The summed E-state index contributed by atoms with van der Waals surface area (Å²) in [4.78, 5) is 265. The van der Waals surface area contributed by atoms with Crippen LogP contribution in [0.1, 0.15) is 177 Å². The molecule has 126 heavy (non-hydrogen) atoms. The fraction of sp³-hybridized carbons (Fsp3) is 0.707. The lowest BCUT2D eigenvalue weighted by molar-refractivity contribution is -0.143. The van der Waals surface area contributed by atoms with Crippen LogP contribution in [0.2, 0.25) is 0 Å². The molecule has 41 N–H and O–H groups in total. The van der Waals surface area contributed by atoms with Crippen LogP contribution >= 0.6 is 0 Å². The zero-order chi connectivity index (χ0) is 95.5. The number of carboxylic acid groups (broad SMARTS) is 2. The maximum absolute atomic E-state index is 15.0. The molecular weight excluding hydrogens is 1660 g/mol. The van der Waals surface area contributed by atoms with Crippen molar-refractivity contribution in [3.63, 3.8) is 0 Å². The Bertz CT molecular complexity index is 3690. The quantitative estimate of drug-likeness (QED) is 0.0213. The number of nitrogens with one attached hydrogen (secondary N) is 19. The van der Waals surface area contributed by atoms with Gasteiger partial charge in [-0.2, -0.15) is 0 Å². The number of primary amides is 2. The summed E-state index contributed by atoms with van der Waals surface area (Å²) in [6.07, 6.45) is -3.40. The molecule has 0 fully saturated rings. The molecule has 0 saturated heterocycles. The zero-order valence-electron chi connectivity index (χ0n) is 72.9. The van der Waals surface area contributed by atoms with E-state index in [0.717, 1.165) is 0 Å². The van der Waals surface area contributed by atoms with E-state index < -0.39 is 260 Å². The SMILES string of the molecule is CC[C@H](C)[C@H](NC(=O)[C@H](CC(N)=O)NC(=O)[C@H](CC(=O)O)NC(=O)[C@H](CCCNC(N)N)NC(=O)[C@H](CC(C)C)NC(=O)[C@@H](NC(=O)[C@H](CCCCNC(C)=O)NC(=O)[C@H](CCCNC(N)N)NC(=O)[C@H](Cc1cnc[nH]1)NC(=O)[C@H](CCCNC(N)N)NC(=O)[C@H](CCCCN)NC(=O)[C@H](C)NC(=O)CNC(=O)CN)C(C)C)C(=O)N[C@@H](CCC(N)=O)C(=O)O. The van der Waals surface area contributed by atoms with Gasteiger partial charge < -0.3 is 152 Å². The maximum Gasteiger partial charge on any atom is 0.326 e. The molecule has 0 aliphatic heterocycles. The minimum absolute atomic E-state index is 0.000777. The third-order valence-corrected chi connectivity index (χ3v) is 19.3. The summed E-state index contributed by atoms with van der Waals surface area (Å²) in [7, 11) is 0. The smallest absolute Gasteiger partial charge is 0.326 e. The average Bonchev–Trinajstić information content (AvgIpc) is 0.958. The summed E-state index contributed by atoms with van der Waals surface area (Å²) in [6, 6.07) is -20.9. The first kappa shape index (κ1) is 113. The Morgan fingerprint density at radius 1 is 0.413 bits per heavy atom. The van der Waals surface area contributed by atoms with Gasteiger partial charge in [0.25, 0.3) is 0 Å². The Morgan fingerprint density at radius 3 is 1.22 bits per heavy atom. The molecule has 51 nitrogen and oxygen atoms in total. The number of nitrogens with two attached hydrogens (primary N) is 10. The van der Waals surface area contributed by atoms with Crippen LogP contribution in [0.25, 0.3) is 0 Å². The van der Waals surface area contributed by atoms with Crippen LogP contribution in [0.3, 0.4) is 0 Å². The van der Waals surface area contributed by atoms with Gasteiger partial charge in [-0.15, -0.1) is 0 Å².